The van der Waals surface area contributed by atoms with Gasteiger partial charge in [-0.25, -0.2) is 8.42 Å². The minimum Gasteiger partial charge on any atom is -0.451 e. The molecule has 2 aromatic heterocycles. The molecule has 1 atom stereocenters. The van der Waals surface area contributed by atoms with Crippen molar-refractivity contribution in [2.24, 2.45) is 0 Å². The Morgan fingerprint density at radius 3 is 2.85 bits per heavy atom. The maximum absolute atomic E-state index is 12.4. The molecule has 1 aliphatic rings. The number of furan rings is 1. The first-order valence-electron chi connectivity index (χ1n) is 8.02. The summed E-state index contributed by atoms with van der Waals surface area (Å²) in [6.07, 6.45) is 2.16. The van der Waals surface area contributed by atoms with Crippen molar-refractivity contribution >= 4 is 32.9 Å². The van der Waals surface area contributed by atoms with Crippen LogP contribution in [0.4, 0.5) is 6.01 Å². The number of benzene rings is 1. The fraction of sp³-hybridized carbons (Fsp3) is 0.312. The van der Waals surface area contributed by atoms with Gasteiger partial charge in [0.15, 0.2) is 5.76 Å². The Labute approximate surface area is 149 Å². The molecule has 0 saturated carbocycles. The van der Waals surface area contributed by atoms with Crippen LogP contribution >= 0.6 is 0 Å². The summed E-state index contributed by atoms with van der Waals surface area (Å²) in [5, 5.41) is 11.0. The lowest BCUT2D eigenvalue weighted by molar-refractivity contribution is -0.119. The Bertz CT molecular complexity index is 1040. The predicted molar refractivity (Wildman–Crippen MR) is 92.7 cm³/mol. The number of nitrogens with zero attached hydrogens (tertiary/aromatic N) is 3. The molecule has 0 aliphatic carbocycles. The minimum absolute atomic E-state index is 0.106. The number of carbonyl (C=O) groups excluding carboxylic acids is 1. The Kier molecular flexibility index (Phi) is 4.00. The number of nitrogens with one attached hydrogen (secondary N) is 1. The van der Waals surface area contributed by atoms with E-state index >= 15 is 0 Å². The van der Waals surface area contributed by atoms with Crippen LogP contribution in [0.25, 0.3) is 22.6 Å². The molecule has 3 aromatic rings. The first-order valence-corrected chi connectivity index (χ1v) is 9.87. The molecule has 9 nitrogen and oxygen atoms in total. The number of anilines is 1. The molecule has 0 radical (unpaired) electrons. The van der Waals surface area contributed by atoms with E-state index in [0.29, 0.717) is 30.7 Å². The summed E-state index contributed by atoms with van der Waals surface area (Å²) in [5.41, 5.74) is 0.682. The molecule has 1 amide bonds. The lowest BCUT2D eigenvalue weighted by Crippen LogP contribution is -2.42. The van der Waals surface area contributed by atoms with Crippen molar-refractivity contribution in [2.45, 2.75) is 18.9 Å². The molecule has 0 unspecified atom stereocenters. The van der Waals surface area contributed by atoms with Crippen molar-refractivity contribution < 1.29 is 22.0 Å². The molecule has 0 spiro atoms. The SMILES string of the molecule is CS(=O)(=O)N1CCC[C@@H]1C(=O)Nc1nnc(-c2cc3ccccc3o2)o1. The molecule has 3 heterocycles. The molecule has 10 heteroatoms. The number of sulfonamides is 1. The van der Waals surface area contributed by atoms with E-state index in [0.717, 1.165) is 11.6 Å². The topological polar surface area (TPSA) is 119 Å². The third-order valence-electron chi connectivity index (χ3n) is 4.22. The largest absolute Gasteiger partial charge is 0.451 e. The zero-order chi connectivity index (χ0) is 18.3. The van der Waals surface area contributed by atoms with Crippen molar-refractivity contribution in [1.29, 1.82) is 0 Å². The third-order valence-corrected chi connectivity index (χ3v) is 5.51. The molecule has 1 aliphatic heterocycles. The van der Waals surface area contributed by atoms with Crippen LogP contribution < -0.4 is 5.32 Å². The monoisotopic (exact) mass is 376 g/mol. The third kappa shape index (κ3) is 3.08. The Morgan fingerprint density at radius 2 is 2.08 bits per heavy atom. The lowest BCUT2D eigenvalue weighted by Gasteiger charge is -2.20. The van der Waals surface area contributed by atoms with Crippen LogP contribution in [0.3, 0.4) is 0 Å². The van der Waals surface area contributed by atoms with Gasteiger partial charge in [0.05, 0.1) is 6.26 Å². The quantitative estimate of drug-likeness (QED) is 0.738. The lowest BCUT2D eigenvalue weighted by atomic mass is 10.2. The van der Waals surface area contributed by atoms with E-state index in [9.17, 15) is 13.2 Å². The van der Waals surface area contributed by atoms with Gasteiger partial charge in [-0.2, -0.15) is 4.31 Å². The van der Waals surface area contributed by atoms with Gasteiger partial charge >= 0.3 is 6.01 Å². The summed E-state index contributed by atoms with van der Waals surface area (Å²) in [6.45, 7) is 0.324. The zero-order valence-electron chi connectivity index (χ0n) is 13.9. The van der Waals surface area contributed by atoms with Crippen LogP contribution in [0, 0.1) is 0 Å². The van der Waals surface area contributed by atoms with E-state index in [1.807, 2.05) is 24.3 Å². The fourth-order valence-electron chi connectivity index (χ4n) is 3.05. The van der Waals surface area contributed by atoms with Gasteiger partial charge in [0.1, 0.15) is 11.6 Å². The first kappa shape index (κ1) is 16.7. The second-order valence-electron chi connectivity index (χ2n) is 6.08. The van der Waals surface area contributed by atoms with Crippen LogP contribution in [0.15, 0.2) is 39.2 Å². The van der Waals surface area contributed by atoms with E-state index in [4.69, 9.17) is 8.83 Å². The number of para-hydroxylation sites is 1. The van der Waals surface area contributed by atoms with Crippen molar-refractivity contribution in [3.8, 4) is 11.7 Å². The highest BCUT2D eigenvalue weighted by Gasteiger charge is 2.37. The van der Waals surface area contributed by atoms with Gasteiger partial charge in [-0.1, -0.05) is 23.3 Å². The zero-order valence-corrected chi connectivity index (χ0v) is 14.7. The standard InChI is InChI=1S/C16H16N4O5S/c1-26(22,23)20-8-4-6-11(20)14(21)17-16-19-18-15(25-16)13-9-10-5-2-3-7-12(10)24-13/h2-3,5,7,9,11H,4,6,8H2,1H3,(H,17,19,21)/t11-/m1/s1. The number of hydrogen-bond donors (Lipinski definition) is 1. The normalized spacial score (nSPS) is 18.4. The van der Waals surface area contributed by atoms with Gasteiger partial charge in [0.25, 0.3) is 5.89 Å². The van der Waals surface area contributed by atoms with Gasteiger partial charge in [-0.3, -0.25) is 10.1 Å². The van der Waals surface area contributed by atoms with Gasteiger partial charge in [0.2, 0.25) is 15.9 Å². The van der Waals surface area contributed by atoms with E-state index in [-0.39, 0.29) is 11.9 Å². The molecular weight excluding hydrogens is 360 g/mol. The summed E-state index contributed by atoms with van der Waals surface area (Å²) in [6, 6.07) is 8.33. The molecule has 1 saturated heterocycles. The molecule has 1 N–H and O–H groups in total. The van der Waals surface area contributed by atoms with Crippen molar-refractivity contribution in [2.75, 3.05) is 18.1 Å². The second-order valence-corrected chi connectivity index (χ2v) is 8.02. The van der Waals surface area contributed by atoms with E-state index in [1.54, 1.807) is 6.07 Å². The average molecular weight is 376 g/mol. The maximum Gasteiger partial charge on any atom is 0.322 e. The Balaban J connectivity index is 1.52. The number of rotatable bonds is 4. The van der Waals surface area contributed by atoms with E-state index in [1.165, 1.54) is 4.31 Å². The number of amides is 1. The molecule has 1 aromatic carbocycles. The maximum atomic E-state index is 12.4. The first-order chi connectivity index (χ1) is 12.4. The number of fused-ring (bicyclic) bond motifs is 1. The Morgan fingerprint density at radius 1 is 1.27 bits per heavy atom. The molecule has 26 heavy (non-hydrogen) atoms. The van der Waals surface area contributed by atoms with Crippen molar-refractivity contribution in [3.05, 3.63) is 30.3 Å². The highest BCUT2D eigenvalue weighted by molar-refractivity contribution is 7.88. The summed E-state index contributed by atoms with van der Waals surface area (Å²) in [5.74, 6) is 0.0217. The van der Waals surface area contributed by atoms with E-state index < -0.39 is 22.0 Å². The van der Waals surface area contributed by atoms with Crippen LogP contribution in [0.2, 0.25) is 0 Å². The Hall–Kier alpha value is -2.72. The minimum atomic E-state index is -3.45. The van der Waals surface area contributed by atoms with Crippen LogP contribution in [-0.4, -0.2) is 47.7 Å². The second kappa shape index (κ2) is 6.22. The molecule has 136 valence electrons. The highest BCUT2D eigenvalue weighted by atomic mass is 32.2. The van der Waals surface area contributed by atoms with Crippen LogP contribution in [0.5, 0.6) is 0 Å². The van der Waals surface area contributed by atoms with Gasteiger partial charge < -0.3 is 8.83 Å². The molecule has 4 rings (SSSR count). The fourth-order valence-corrected chi connectivity index (χ4v) is 4.17. The number of carbonyl (C=O) groups is 1. The van der Waals surface area contributed by atoms with Crippen LogP contribution in [0.1, 0.15) is 12.8 Å². The number of hydrogen-bond acceptors (Lipinski definition) is 7. The molecular formula is C16H16N4O5S. The summed E-state index contributed by atoms with van der Waals surface area (Å²) in [4.78, 5) is 12.4. The van der Waals surface area contributed by atoms with Gasteiger partial charge in [-0.05, 0) is 25.0 Å². The predicted octanol–water partition coefficient (Wildman–Crippen LogP) is 1.85. The van der Waals surface area contributed by atoms with E-state index in [2.05, 4.69) is 15.5 Å². The summed E-state index contributed by atoms with van der Waals surface area (Å²) >= 11 is 0. The van der Waals surface area contributed by atoms with Crippen LogP contribution in [-0.2, 0) is 14.8 Å². The molecule has 1 fully saturated rings. The highest BCUT2D eigenvalue weighted by Crippen LogP contribution is 2.28. The summed E-state index contributed by atoms with van der Waals surface area (Å²) < 4.78 is 35.8. The summed E-state index contributed by atoms with van der Waals surface area (Å²) in [7, 11) is -3.45. The average Bonchev–Trinajstić information content (AvgIpc) is 3.32. The van der Waals surface area contributed by atoms with Crippen molar-refractivity contribution in [3.63, 3.8) is 0 Å². The van der Waals surface area contributed by atoms with Gasteiger partial charge in [0, 0.05) is 11.9 Å². The van der Waals surface area contributed by atoms with Crippen molar-refractivity contribution in [1.82, 2.24) is 14.5 Å². The van der Waals surface area contributed by atoms with Gasteiger partial charge in [-0.15, -0.1) is 5.10 Å². The number of aromatic nitrogens is 2. The molecule has 0 bridgehead atoms. The smallest absolute Gasteiger partial charge is 0.322 e.